The van der Waals surface area contributed by atoms with Crippen molar-refractivity contribution in [3.8, 4) is 5.75 Å². The third-order valence-corrected chi connectivity index (χ3v) is 6.04. The Morgan fingerprint density at radius 2 is 1.76 bits per heavy atom. The average Bonchev–Trinajstić information content (AvgIpc) is 3.29. The zero-order valence-corrected chi connectivity index (χ0v) is 18.4. The maximum absolute atomic E-state index is 12.6. The van der Waals surface area contributed by atoms with Gasteiger partial charge in [0.05, 0.1) is 12.9 Å². The second-order valence-corrected chi connectivity index (χ2v) is 8.35. The molecule has 7 heteroatoms. The first kappa shape index (κ1) is 21.2. The van der Waals surface area contributed by atoms with Gasteiger partial charge in [0, 0.05) is 31.0 Å². The number of hydrogen-bond donors (Lipinski definition) is 1. The van der Waals surface area contributed by atoms with Crippen LogP contribution in [0, 0.1) is 0 Å². The molecule has 0 spiro atoms. The molecule has 0 aliphatic carbocycles. The highest BCUT2D eigenvalue weighted by Crippen LogP contribution is 2.25. The van der Waals surface area contributed by atoms with E-state index >= 15 is 0 Å². The van der Waals surface area contributed by atoms with Crippen LogP contribution in [0.15, 0.2) is 79.3 Å². The fraction of sp³-hybridized carbons (Fsp3) is 0.269. The number of carbonyl (C=O) groups is 1. The van der Waals surface area contributed by atoms with Gasteiger partial charge in [-0.15, -0.1) is 0 Å². The second-order valence-electron chi connectivity index (χ2n) is 8.35. The minimum absolute atomic E-state index is 0.00107. The summed E-state index contributed by atoms with van der Waals surface area (Å²) in [6, 6.07) is 21.8. The maximum Gasteiger partial charge on any atom is 0.238 e. The molecule has 1 fully saturated rings. The molecule has 0 unspecified atom stereocenters. The van der Waals surface area contributed by atoms with E-state index in [1.807, 2.05) is 79.3 Å². The number of piperidine rings is 1. The number of fused-ring (bicyclic) bond motifs is 1. The van der Waals surface area contributed by atoms with Crippen molar-refractivity contribution in [2.24, 2.45) is 0 Å². The third kappa shape index (κ3) is 5.21. The number of aromatic nitrogens is 3. The zero-order chi connectivity index (χ0) is 22.5. The lowest BCUT2D eigenvalue weighted by Crippen LogP contribution is -2.39. The maximum atomic E-state index is 12.6. The Balaban J connectivity index is 1.08. The van der Waals surface area contributed by atoms with Gasteiger partial charge < -0.3 is 14.6 Å². The molecular formula is C26H27N5O2. The highest BCUT2D eigenvalue weighted by molar-refractivity contribution is 5.92. The van der Waals surface area contributed by atoms with Crippen LogP contribution in [-0.4, -0.2) is 45.0 Å². The van der Waals surface area contributed by atoms with Crippen LogP contribution in [0.3, 0.4) is 0 Å². The lowest BCUT2D eigenvalue weighted by Gasteiger charge is -2.32. The lowest BCUT2D eigenvalue weighted by molar-refractivity contribution is -0.117. The Hall–Kier alpha value is -3.71. The molecule has 0 saturated carbocycles. The van der Waals surface area contributed by atoms with Crippen LogP contribution in [0.5, 0.6) is 5.75 Å². The van der Waals surface area contributed by atoms with Gasteiger partial charge in [0.15, 0.2) is 5.65 Å². The molecule has 0 bridgehead atoms. The first-order valence-corrected chi connectivity index (χ1v) is 11.3. The molecule has 4 aromatic rings. The van der Waals surface area contributed by atoms with Crippen LogP contribution in [0.4, 0.5) is 5.69 Å². The summed E-state index contributed by atoms with van der Waals surface area (Å²) in [6.45, 7) is 2.66. The number of ether oxygens (including phenoxy) is 1. The number of rotatable bonds is 7. The minimum Gasteiger partial charge on any atom is -0.489 e. The topological polar surface area (TPSA) is 72.3 Å². The molecule has 1 N–H and O–H groups in total. The van der Waals surface area contributed by atoms with Crippen molar-refractivity contribution in [1.29, 1.82) is 0 Å². The highest BCUT2D eigenvalue weighted by atomic mass is 16.5. The smallest absolute Gasteiger partial charge is 0.238 e. The minimum atomic E-state index is 0.00107. The molecule has 1 saturated heterocycles. The van der Waals surface area contributed by atoms with E-state index in [0.717, 1.165) is 54.1 Å². The lowest BCUT2D eigenvalue weighted by atomic mass is 10.0. The monoisotopic (exact) mass is 441 g/mol. The summed E-state index contributed by atoms with van der Waals surface area (Å²) in [7, 11) is 0. The molecule has 1 aliphatic heterocycles. The Labute approximate surface area is 193 Å². The quantitative estimate of drug-likeness (QED) is 0.463. The van der Waals surface area contributed by atoms with Crippen molar-refractivity contribution in [3.63, 3.8) is 0 Å². The Morgan fingerprint density at radius 3 is 2.55 bits per heavy atom. The van der Waals surface area contributed by atoms with E-state index < -0.39 is 0 Å². The molecule has 5 rings (SSSR count). The van der Waals surface area contributed by atoms with Gasteiger partial charge in [-0.2, -0.15) is 0 Å². The summed E-state index contributed by atoms with van der Waals surface area (Å²) < 4.78 is 7.98. The molecule has 7 nitrogen and oxygen atoms in total. The normalized spacial score (nSPS) is 14.9. The number of amides is 1. The average molecular weight is 442 g/mol. The van der Waals surface area contributed by atoms with Gasteiger partial charge in [0.1, 0.15) is 17.9 Å². The Bertz CT molecular complexity index is 1200. The number of nitrogens with zero attached hydrogens (tertiary/aromatic N) is 4. The van der Waals surface area contributed by atoms with Gasteiger partial charge in [-0.05, 0) is 54.8 Å². The number of nitrogens with one attached hydrogen (secondary N) is 1. The van der Waals surface area contributed by atoms with E-state index in [4.69, 9.17) is 4.74 Å². The molecule has 33 heavy (non-hydrogen) atoms. The molecule has 1 amide bonds. The molecule has 1 aliphatic rings. The van der Waals surface area contributed by atoms with Gasteiger partial charge in [-0.25, -0.2) is 9.97 Å². The first-order chi connectivity index (χ1) is 16.2. The summed E-state index contributed by atoms with van der Waals surface area (Å²) in [5.74, 6) is 0.779. The molecule has 0 atom stereocenters. The zero-order valence-electron chi connectivity index (χ0n) is 18.4. The number of imidazole rings is 1. The third-order valence-electron chi connectivity index (χ3n) is 6.04. The van der Waals surface area contributed by atoms with Gasteiger partial charge >= 0.3 is 0 Å². The number of likely N-dealkylation sites (tertiary alicyclic amines) is 1. The number of benzene rings is 2. The molecular weight excluding hydrogens is 414 g/mol. The number of pyridine rings is 1. The van der Waals surface area contributed by atoms with Gasteiger partial charge in [0.25, 0.3) is 0 Å². The van der Waals surface area contributed by atoms with Crippen molar-refractivity contribution in [2.45, 2.75) is 25.5 Å². The van der Waals surface area contributed by atoms with Crippen molar-refractivity contribution in [2.75, 3.05) is 25.0 Å². The molecule has 168 valence electrons. The SMILES string of the molecule is O=C(CN1CCC(n2cnc3cccnc32)CC1)Nc1ccc(OCc2ccccc2)cc1. The fourth-order valence-corrected chi connectivity index (χ4v) is 4.27. The molecule has 2 aromatic carbocycles. The number of hydrogen-bond acceptors (Lipinski definition) is 5. The van der Waals surface area contributed by atoms with Crippen molar-refractivity contribution in [3.05, 3.63) is 84.8 Å². The van der Waals surface area contributed by atoms with Crippen LogP contribution >= 0.6 is 0 Å². The van der Waals surface area contributed by atoms with Crippen LogP contribution in [0.25, 0.3) is 11.2 Å². The number of carbonyl (C=O) groups excluding carboxylic acids is 1. The van der Waals surface area contributed by atoms with Gasteiger partial charge in [-0.1, -0.05) is 30.3 Å². The van der Waals surface area contributed by atoms with E-state index in [2.05, 4.69) is 24.8 Å². The summed E-state index contributed by atoms with van der Waals surface area (Å²) >= 11 is 0. The van der Waals surface area contributed by atoms with Gasteiger partial charge in [-0.3, -0.25) is 9.69 Å². The summed E-state index contributed by atoms with van der Waals surface area (Å²) in [5, 5.41) is 2.99. The van der Waals surface area contributed by atoms with E-state index in [-0.39, 0.29) is 5.91 Å². The van der Waals surface area contributed by atoms with E-state index in [1.165, 1.54) is 0 Å². The largest absolute Gasteiger partial charge is 0.489 e. The number of anilines is 1. The van der Waals surface area contributed by atoms with Crippen LogP contribution < -0.4 is 10.1 Å². The first-order valence-electron chi connectivity index (χ1n) is 11.3. The van der Waals surface area contributed by atoms with Crippen LogP contribution in [-0.2, 0) is 11.4 Å². The predicted molar refractivity (Wildman–Crippen MR) is 128 cm³/mol. The van der Waals surface area contributed by atoms with Gasteiger partial charge in [0.2, 0.25) is 5.91 Å². The van der Waals surface area contributed by atoms with Crippen molar-refractivity contribution >= 4 is 22.8 Å². The standard InChI is InChI=1S/C26H27N5O2/c32-25(29-21-8-10-23(11-9-21)33-18-20-5-2-1-3-6-20)17-30-15-12-22(13-16-30)31-19-28-24-7-4-14-27-26(24)31/h1-11,14,19,22H,12-13,15-18H2,(H,29,32). The summed E-state index contributed by atoms with van der Waals surface area (Å²) in [4.78, 5) is 23.7. The molecule has 2 aromatic heterocycles. The molecule has 3 heterocycles. The van der Waals surface area contributed by atoms with Crippen molar-refractivity contribution in [1.82, 2.24) is 19.4 Å². The highest BCUT2D eigenvalue weighted by Gasteiger charge is 2.23. The van der Waals surface area contributed by atoms with Crippen LogP contribution in [0.1, 0.15) is 24.4 Å². The van der Waals surface area contributed by atoms with Crippen molar-refractivity contribution < 1.29 is 9.53 Å². The predicted octanol–water partition coefficient (Wildman–Crippen LogP) is 4.29. The molecule has 0 radical (unpaired) electrons. The second kappa shape index (κ2) is 9.83. The fourth-order valence-electron chi connectivity index (χ4n) is 4.27. The Morgan fingerprint density at radius 1 is 0.970 bits per heavy atom. The van der Waals surface area contributed by atoms with E-state index in [9.17, 15) is 4.79 Å². The van der Waals surface area contributed by atoms with E-state index in [0.29, 0.717) is 19.2 Å². The summed E-state index contributed by atoms with van der Waals surface area (Å²) in [5.41, 5.74) is 3.76. The van der Waals surface area contributed by atoms with Crippen LogP contribution in [0.2, 0.25) is 0 Å². The Kier molecular flexibility index (Phi) is 6.30. The van der Waals surface area contributed by atoms with E-state index in [1.54, 1.807) is 0 Å². The summed E-state index contributed by atoms with van der Waals surface area (Å²) in [6.07, 6.45) is 5.64.